The van der Waals surface area contributed by atoms with E-state index < -0.39 is 30.0 Å². The lowest BCUT2D eigenvalue weighted by Crippen LogP contribution is -2.23. The molecule has 1 aromatic heterocycles. The minimum atomic E-state index is -3.31. The fourth-order valence-electron chi connectivity index (χ4n) is 4.11. The van der Waals surface area contributed by atoms with E-state index in [1.165, 1.54) is 36.6 Å². The molecule has 1 saturated carbocycles. The summed E-state index contributed by atoms with van der Waals surface area (Å²) in [5, 5.41) is 13.9. The Balaban J connectivity index is 1.76. The largest absolute Gasteiger partial charge is 0.378 e. The number of aliphatic hydroxyl groups is 1. The van der Waals surface area contributed by atoms with Crippen molar-refractivity contribution in [1.29, 1.82) is 0 Å². The number of anilines is 1. The molecule has 0 radical (unpaired) electrons. The molecule has 1 heterocycles. The van der Waals surface area contributed by atoms with E-state index in [-0.39, 0.29) is 10.8 Å². The molecule has 2 aromatic rings. The van der Waals surface area contributed by atoms with Crippen molar-refractivity contribution in [1.82, 2.24) is 4.98 Å². The molecule has 1 fully saturated rings. The topological polar surface area (TPSA) is 115 Å². The standard InChI is InChI=1S/C23H33N2O6PS2/c1-4-30-32(31-5-2)22(27)20-15-24-23(33-20)25-21(26)19(14-16-8-6-7-9-16)17-10-12-18(13-11-17)34(3,28)29/h10-13,15-16,19,22,27H,4-9,14H2,1-3H3,(H,24,25,26)/t19-,22?/m1/s1. The molecule has 188 valence electrons. The molecule has 2 N–H and O–H groups in total. The molecule has 0 bridgehead atoms. The molecule has 34 heavy (non-hydrogen) atoms. The molecular formula is C23H33N2O6PS2. The van der Waals surface area contributed by atoms with Gasteiger partial charge in [-0.25, -0.2) is 13.4 Å². The number of benzene rings is 1. The first kappa shape index (κ1) is 27.2. The van der Waals surface area contributed by atoms with Crippen molar-refractivity contribution in [3.63, 3.8) is 0 Å². The molecule has 11 heteroatoms. The quantitative estimate of drug-likeness (QED) is 0.363. The van der Waals surface area contributed by atoms with Crippen molar-refractivity contribution in [2.24, 2.45) is 5.92 Å². The lowest BCUT2D eigenvalue weighted by atomic mass is 9.87. The van der Waals surface area contributed by atoms with Crippen LogP contribution in [0.15, 0.2) is 35.4 Å². The van der Waals surface area contributed by atoms with Crippen molar-refractivity contribution >= 4 is 40.6 Å². The van der Waals surface area contributed by atoms with Crippen molar-refractivity contribution in [2.45, 2.75) is 62.6 Å². The van der Waals surface area contributed by atoms with E-state index >= 15 is 0 Å². The van der Waals surface area contributed by atoms with E-state index in [1.54, 1.807) is 24.3 Å². The Kier molecular flexibility index (Phi) is 10.0. The van der Waals surface area contributed by atoms with Crippen LogP contribution in [0.4, 0.5) is 5.13 Å². The lowest BCUT2D eigenvalue weighted by Gasteiger charge is -2.20. The van der Waals surface area contributed by atoms with Crippen LogP contribution >= 0.6 is 19.7 Å². The van der Waals surface area contributed by atoms with Crippen molar-refractivity contribution in [3.8, 4) is 0 Å². The van der Waals surface area contributed by atoms with Crippen LogP contribution in [0.2, 0.25) is 0 Å². The average Bonchev–Trinajstić information content (AvgIpc) is 3.48. The van der Waals surface area contributed by atoms with Crippen LogP contribution in [-0.4, -0.2) is 43.9 Å². The van der Waals surface area contributed by atoms with Gasteiger partial charge in [-0.3, -0.25) is 4.79 Å². The van der Waals surface area contributed by atoms with Crippen LogP contribution in [0.25, 0.3) is 0 Å². The molecule has 1 aromatic carbocycles. The van der Waals surface area contributed by atoms with Gasteiger partial charge in [0.15, 0.2) is 20.8 Å². The molecule has 8 nitrogen and oxygen atoms in total. The summed E-state index contributed by atoms with van der Waals surface area (Å²) < 4.78 is 34.7. The maximum atomic E-state index is 13.3. The van der Waals surface area contributed by atoms with Gasteiger partial charge >= 0.3 is 0 Å². The van der Waals surface area contributed by atoms with Gasteiger partial charge < -0.3 is 19.5 Å². The number of aromatic nitrogens is 1. The first-order chi connectivity index (χ1) is 16.2. The second-order valence-corrected chi connectivity index (χ2v) is 13.0. The van der Waals surface area contributed by atoms with Gasteiger partial charge in [0, 0.05) is 12.5 Å². The summed E-state index contributed by atoms with van der Waals surface area (Å²) in [4.78, 5) is 18.4. The fraction of sp³-hybridized carbons (Fsp3) is 0.565. The summed E-state index contributed by atoms with van der Waals surface area (Å²) in [6, 6.07) is 6.57. The zero-order valence-electron chi connectivity index (χ0n) is 19.8. The third-order valence-corrected chi connectivity index (χ3v) is 9.76. The number of sulfone groups is 1. The highest BCUT2D eigenvalue weighted by Crippen LogP contribution is 2.52. The molecule has 0 spiro atoms. The molecule has 2 atom stereocenters. The maximum Gasteiger partial charge on any atom is 0.233 e. The number of nitrogens with one attached hydrogen (secondary N) is 1. The molecule has 0 aliphatic heterocycles. The molecule has 1 aliphatic carbocycles. The molecule has 0 saturated heterocycles. The predicted molar refractivity (Wildman–Crippen MR) is 135 cm³/mol. The van der Waals surface area contributed by atoms with E-state index in [0.29, 0.717) is 35.6 Å². The molecule has 3 rings (SSSR count). The van der Waals surface area contributed by atoms with Crippen LogP contribution in [0.1, 0.15) is 68.2 Å². The van der Waals surface area contributed by atoms with Gasteiger partial charge in [-0.2, -0.15) is 0 Å². The predicted octanol–water partition coefficient (Wildman–Crippen LogP) is 5.23. The van der Waals surface area contributed by atoms with Crippen molar-refractivity contribution in [3.05, 3.63) is 40.9 Å². The minimum absolute atomic E-state index is 0.189. The Morgan fingerprint density at radius 1 is 1.21 bits per heavy atom. The monoisotopic (exact) mass is 528 g/mol. The smallest absolute Gasteiger partial charge is 0.233 e. The number of thiazole rings is 1. The van der Waals surface area contributed by atoms with Crippen molar-refractivity contribution < 1.29 is 27.4 Å². The second-order valence-electron chi connectivity index (χ2n) is 8.33. The number of amides is 1. The molecule has 1 amide bonds. The maximum absolute atomic E-state index is 13.3. The third kappa shape index (κ3) is 7.29. The van der Waals surface area contributed by atoms with Crippen molar-refractivity contribution in [2.75, 3.05) is 24.8 Å². The Bertz CT molecular complexity index is 1030. The van der Waals surface area contributed by atoms with Gasteiger partial charge in [0.05, 0.1) is 28.9 Å². The molecule has 1 aliphatic rings. The van der Waals surface area contributed by atoms with Crippen LogP contribution in [0, 0.1) is 5.92 Å². The number of carbonyl (C=O) groups excluding carboxylic acids is 1. The van der Waals surface area contributed by atoms with Gasteiger partial charge in [0.25, 0.3) is 0 Å². The zero-order valence-corrected chi connectivity index (χ0v) is 22.3. The second kappa shape index (κ2) is 12.5. The number of carbonyl (C=O) groups is 1. The van der Waals surface area contributed by atoms with Crippen LogP contribution in [-0.2, 0) is 23.7 Å². The number of rotatable bonds is 12. The van der Waals surface area contributed by atoms with Crippen LogP contribution in [0.3, 0.4) is 0 Å². The summed E-state index contributed by atoms with van der Waals surface area (Å²) in [5.74, 6) is -1.10. The summed E-state index contributed by atoms with van der Waals surface area (Å²) in [6.45, 7) is 4.52. The van der Waals surface area contributed by atoms with Gasteiger partial charge in [-0.1, -0.05) is 49.2 Å². The van der Waals surface area contributed by atoms with Gasteiger partial charge in [-0.15, -0.1) is 0 Å². The first-order valence-electron chi connectivity index (χ1n) is 11.5. The fourth-order valence-corrected chi connectivity index (χ4v) is 6.99. The van der Waals surface area contributed by atoms with E-state index in [0.717, 1.165) is 18.4 Å². The Morgan fingerprint density at radius 2 is 1.82 bits per heavy atom. The minimum Gasteiger partial charge on any atom is -0.378 e. The average molecular weight is 529 g/mol. The normalized spacial score (nSPS) is 16.6. The summed E-state index contributed by atoms with van der Waals surface area (Å²) in [7, 11) is -4.82. The van der Waals surface area contributed by atoms with Gasteiger partial charge in [0.2, 0.25) is 14.3 Å². The van der Waals surface area contributed by atoms with Gasteiger partial charge in [-0.05, 0) is 43.9 Å². The molecular weight excluding hydrogens is 495 g/mol. The zero-order chi connectivity index (χ0) is 24.7. The SMILES string of the molecule is CCOP(OCC)C(O)c1cnc(NC(=O)[C@H](CC2CCCC2)c2ccc(S(C)(=O)=O)cc2)s1. The highest BCUT2D eigenvalue weighted by atomic mass is 32.2. The van der Waals surface area contributed by atoms with E-state index in [2.05, 4.69) is 10.3 Å². The number of hydrogen-bond acceptors (Lipinski definition) is 8. The number of hydrogen-bond donors (Lipinski definition) is 2. The Hall–Kier alpha value is -1.42. The first-order valence-corrected chi connectivity index (χ1v) is 15.5. The summed E-state index contributed by atoms with van der Waals surface area (Å²) in [6.07, 6.45) is 7.93. The number of aliphatic hydroxyl groups excluding tert-OH is 1. The van der Waals surface area contributed by atoms with E-state index in [1.807, 2.05) is 13.8 Å². The Morgan fingerprint density at radius 3 is 2.38 bits per heavy atom. The highest BCUT2D eigenvalue weighted by molar-refractivity contribution is 7.90. The molecule has 1 unspecified atom stereocenters. The Labute approximate surface area is 206 Å². The highest BCUT2D eigenvalue weighted by Gasteiger charge is 2.29. The lowest BCUT2D eigenvalue weighted by molar-refractivity contribution is -0.118. The van der Waals surface area contributed by atoms with Gasteiger partial charge in [0.1, 0.15) is 0 Å². The van der Waals surface area contributed by atoms with E-state index in [4.69, 9.17) is 9.05 Å². The number of nitrogens with zero attached hydrogens (tertiary/aromatic N) is 1. The van der Waals surface area contributed by atoms with Crippen LogP contribution in [0.5, 0.6) is 0 Å². The summed E-state index contributed by atoms with van der Waals surface area (Å²) >= 11 is 1.19. The summed E-state index contributed by atoms with van der Waals surface area (Å²) in [5.41, 5.74) is 0.782. The van der Waals surface area contributed by atoms with Crippen LogP contribution < -0.4 is 5.32 Å². The third-order valence-electron chi connectivity index (χ3n) is 5.79. The van der Waals surface area contributed by atoms with E-state index in [9.17, 15) is 18.3 Å².